The Morgan fingerprint density at radius 2 is 2.05 bits per heavy atom. The van der Waals surface area contributed by atoms with E-state index < -0.39 is 35.5 Å². The fourth-order valence-electron chi connectivity index (χ4n) is 2.54. The van der Waals surface area contributed by atoms with Crippen LogP contribution in [0.5, 0.6) is 0 Å². The normalized spacial score (nSPS) is 23.5. The smallest absolute Gasteiger partial charge is 0.419 e. The minimum absolute atomic E-state index is 0.0686. The number of aliphatic hydroxyl groups is 1. The lowest BCUT2D eigenvalue weighted by Crippen LogP contribution is -2.46. The highest BCUT2D eigenvalue weighted by atomic mass is 19.4. The predicted octanol–water partition coefficient (Wildman–Crippen LogP) is 2.11. The number of carbonyl (C=O) groups is 1. The Balaban J connectivity index is 2.08. The second kappa shape index (κ2) is 6.21. The van der Waals surface area contributed by atoms with Gasteiger partial charge in [-0.1, -0.05) is 6.07 Å². The summed E-state index contributed by atoms with van der Waals surface area (Å²) in [5.74, 6) is -3.43. The summed E-state index contributed by atoms with van der Waals surface area (Å²) < 4.78 is 50.9. The van der Waals surface area contributed by atoms with Crippen molar-refractivity contribution in [2.45, 2.75) is 25.2 Å². The maximum atomic E-state index is 13.5. The van der Waals surface area contributed by atoms with Gasteiger partial charge in [0.05, 0.1) is 17.6 Å². The van der Waals surface area contributed by atoms with E-state index in [9.17, 15) is 27.5 Å². The molecule has 122 valence electrons. The molecular weight excluding hydrogens is 306 g/mol. The van der Waals surface area contributed by atoms with E-state index in [1.807, 2.05) is 0 Å². The fourth-order valence-corrected chi connectivity index (χ4v) is 2.54. The third kappa shape index (κ3) is 3.75. The highest BCUT2D eigenvalue weighted by Crippen LogP contribution is 2.32. The molecule has 1 aromatic rings. The quantitative estimate of drug-likeness (QED) is 0.837. The molecule has 1 fully saturated rings. The summed E-state index contributed by atoms with van der Waals surface area (Å²) in [5, 5.41) is 18.6. The summed E-state index contributed by atoms with van der Waals surface area (Å²) in [6.07, 6.45) is -5.44. The summed E-state index contributed by atoms with van der Waals surface area (Å²) >= 11 is 0. The Bertz CT molecular complexity index is 562. The van der Waals surface area contributed by atoms with E-state index >= 15 is 0 Å². The van der Waals surface area contributed by atoms with Crippen LogP contribution in [0.1, 0.15) is 17.5 Å². The molecule has 2 atom stereocenters. The van der Waals surface area contributed by atoms with E-state index in [4.69, 9.17) is 5.11 Å². The number of aliphatic hydroxyl groups excluding tert-OH is 1. The zero-order chi connectivity index (χ0) is 16.5. The van der Waals surface area contributed by atoms with Crippen LogP contribution in [-0.2, 0) is 17.5 Å². The molecule has 0 unspecified atom stereocenters. The van der Waals surface area contributed by atoms with Crippen molar-refractivity contribution in [3.8, 4) is 0 Å². The van der Waals surface area contributed by atoms with Crippen molar-refractivity contribution >= 4 is 5.97 Å². The number of hydrogen-bond donors (Lipinski definition) is 2. The standard InChI is InChI=1S/C14H15F4NO3/c15-11-5-8(1-2-10(11)14(16,17)18)6-19-4-3-12(20)9(7-19)13(21)22/h1-2,5,9,12,20H,3-4,6-7H2,(H,21,22)/t9-,12-/m0/s1. The summed E-state index contributed by atoms with van der Waals surface area (Å²) in [7, 11) is 0. The van der Waals surface area contributed by atoms with Gasteiger partial charge in [-0.3, -0.25) is 9.69 Å². The largest absolute Gasteiger partial charge is 0.481 e. The molecule has 8 heteroatoms. The molecule has 1 aliphatic heterocycles. The van der Waals surface area contributed by atoms with E-state index in [2.05, 4.69) is 0 Å². The van der Waals surface area contributed by atoms with Crippen LogP contribution in [0.15, 0.2) is 18.2 Å². The Hall–Kier alpha value is -1.67. The van der Waals surface area contributed by atoms with Gasteiger partial charge < -0.3 is 10.2 Å². The molecule has 0 aliphatic carbocycles. The number of nitrogens with zero attached hydrogens (tertiary/aromatic N) is 1. The van der Waals surface area contributed by atoms with Gasteiger partial charge in [-0.25, -0.2) is 4.39 Å². The molecule has 0 bridgehead atoms. The van der Waals surface area contributed by atoms with Crippen LogP contribution in [0, 0.1) is 11.7 Å². The number of carboxylic acid groups (broad SMARTS) is 1. The number of rotatable bonds is 3. The Labute approximate surface area is 124 Å². The third-order valence-electron chi connectivity index (χ3n) is 3.72. The molecule has 2 rings (SSSR count). The van der Waals surface area contributed by atoms with Crippen molar-refractivity contribution < 1.29 is 32.6 Å². The topological polar surface area (TPSA) is 60.8 Å². The molecule has 0 saturated carbocycles. The minimum Gasteiger partial charge on any atom is -0.481 e. The zero-order valence-corrected chi connectivity index (χ0v) is 11.5. The molecule has 2 N–H and O–H groups in total. The lowest BCUT2D eigenvalue weighted by molar-refractivity contribution is -0.149. The number of aliphatic carboxylic acids is 1. The van der Waals surface area contributed by atoms with Crippen LogP contribution in [0.2, 0.25) is 0 Å². The Kier molecular flexibility index (Phi) is 4.72. The second-order valence-electron chi connectivity index (χ2n) is 5.35. The molecule has 1 aromatic carbocycles. The molecule has 1 aliphatic rings. The molecule has 1 saturated heterocycles. The van der Waals surface area contributed by atoms with Gasteiger partial charge in [0.2, 0.25) is 0 Å². The monoisotopic (exact) mass is 321 g/mol. The van der Waals surface area contributed by atoms with Crippen molar-refractivity contribution in [3.05, 3.63) is 35.1 Å². The molecule has 22 heavy (non-hydrogen) atoms. The number of likely N-dealkylation sites (tertiary alicyclic amines) is 1. The Morgan fingerprint density at radius 3 is 2.59 bits per heavy atom. The van der Waals surface area contributed by atoms with E-state index in [0.717, 1.165) is 6.07 Å². The molecule has 0 aromatic heterocycles. The maximum absolute atomic E-state index is 13.5. The molecule has 0 radical (unpaired) electrons. The van der Waals surface area contributed by atoms with Gasteiger partial charge in [0.1, 0.15) is 5.82 Å². The van der Waals surface area contributed by atoms with Gasteiger partial charge >= 0.3 is 12.1 Å². The number of piperidine rings is 1. The lowest BCUT2D eigenvalue weighted by Gasteiger charge is -2.34. The minimum atomic E-state index is -4.74. The SMILES string of the molecule is O=C(O)[C@H]1CN(Cc2ccc(C(F)(F)F)c(F)c2)CC[C@@H]1O. The molecular formula is C14H15F4NO3. The van der Waals surface area contributed by atoms with Gasteiger partial charge in [-0.15, -0.1) is 0 Å². The van der Waals surface area contributed by atoms with E-state index in [0.29, 0.717) is 18.2 Å². The van der Waals surface area contributed by atoms with Gasteiger partial charge in [0, 0.05) is 19.6 Å². The first-order valence-electron chi connectivity index (χ1n) is 6.67. The van der Waals surface area contributed by atoms with Crippen LogP contribution >= 0.6 is 0 Å². The summed E-state index contributed by atoms with van der Waals surface area (Å²) in [6, 6.07) is 2.66. The maximum Gasteiger partial charge on any atom is 0.419 e. The van der Waals surface area contributed by atoms with Gasteiger partial charge in [-0.05, 0) is 24.1 Å². The zero-order valence-electron chi connectivity index (χ0n) is 11.5. The van der Waals surface area contributed by atoms with Crippen LogP contribution in [-0.4, -0.2) is 40.3 Å². The third-order valence-corrected chi connectivity index (χ3v) is 3.72. The average molecular weight is 321 g/mol. The van der Waals surface area contributed by atoms with E-state index in [1.165, 1.54) is 6.07 Å². The first kappa shape index (κ1) is 16.7. The van der Waals surface area contributed by atoms with E-state index in [-0.39, 0.29) is 19.5 Å². The van der Waals surface area contributed by atoms with Crippen molar-refractivity contribution in [1.82, 2.24) is 4.90 Å². The van der Waals surface area contributed by atoms with Gasteiger partial charge in [0.25, 0.3) is 0 Å². The predicted molar refractivity (Wildman–Crippen MR) is 68.4 cm³/mol. The first-order chi connectivity index (χ1) is 10.2. The van der Waals surface area contributed by atoms with E-state index in [1.54, 1.807) is 4.90 Å². The number of carboxylic acids is 1. The van der Waals surface area contributed by atoms with Crippen molar-refractivity contribution in [2.24, 2.45) is 5.92 Å². The molecule has 4 nitrogen and oxygen atoms in total. The van der Waals surface area contributed by atoms with Gasteiger partial charge in [-0.2, -0.15) is 13.2 Å². The van der Waals surface area contributed by atoms with Gasteiger partial charge in [0.15, 0.2) is 0 Å². The number of benzene rings is 1. The molecule has 0 spiro atoms. The summed E-state index contributed by atoms with van der Waals surface area (Å²) in [4.78, 5) is 12.7. The summed E-state index contributed by atoms with van der Waals surface area (Å²) in [6.45, 7) is 0.596. The lowest BCUT2D eigenvalue weighted by atomic mass is 9.94. The van der Waals surface area contributed by atoms with Crippen molar-refractivity contribution in [3.63, 3.8) is 0 Å². The van der Waals surface area contributed by atoms with Crippen LogP contribution in [0.3, 0.4) is 0 Å². The number of hydrogen-bond acceptors (Lipinski definition) is 3. The molecule has 1 heterocycles. The Morgan fingerprint density at radius 1 is 1.36 bits per heavy atom. The average Bonchev–Trinajstić information content (AvgIpc) is 2.39. The second-order valence-corrected chi connectivity index (χ2v) is 5.35. The summed E-state index contributed by atoms with van der Waals surface area (Å²) in [5.41, 5.74) is -1.00. The fraction of sp³-hybridized carbons (Fsp3) is 0.500. The van der Waals surface area contributed by atoms with Crippen molar-refractivity contribution in [1.29, 1.82) is 0 Å². The van der Waals surface area contributed by atoms with Crippen LogP contribution in [0.4, 0.5) is 17.6 Å². The highest BCUT2D eigenvalue weighted by molar-refractivity contribution is 5.71. The first-order valence-corrected chi connectivity index (χ1v) is 6.67. The van der Waals surface area contributed by atoms with Crippen LogP contribution < -0.4 is 0 Å². The highest BCUT2D eigenvalue weighted by Gasteiger charge is 2.35. The molecule has 0 amide bonds. The van der Waals surface area contributed by atoms with Crippen LogP contribution in [0.25, 0.3) is 0 Å². The van der Waals surface area contributed by atoms with Crippen molar-refractivity contribution in [2.75, 3.05) is 13.1 Å². The number of alkyl halides is 3. The number of halogens is 4.